The van der Waals surface area contributed by atoms with Gasteiger partial charge in [-0.15, -0.1) is 0 Å². The Balaban J connectivity index is 1.69. The third-order valence-electron chi connectivity index (χ3n) is 5.28. The molecule has 2 aromatic rings. The maximum absolute atomic E-state index is 12.5. The van der Waals surface area contributed by atoms with E-state index in [0.29, 0.717) is 19.4 Å². The fraction of sp³-hybridized carbons (Fsp3) is 0.364. The summed E-state index contributed by atoms with van der Waals surface area (Å²) in [5.41, 5.74) is 4.57. The van der Waals surface area contributed by atoms with Crippen molar-refractivity contribution in [3.8, 4) is 11.1 Å². The molecule has 2 aromatic carbocycles. The van der Waals surface area contributed by atoms with Crippen molar-refractivity contribution in [1.29, 1.82) is 0 Å². The fourth-order valence-electron chi connectivity index (χ4n) is 3.78. The van der Waals surface area contributed by atoms with Gasteiger partial charge in [0.2, 0.25) is 0 Å². The van der Waals surface area contributed by atoms with Gasteiger partial charge < -0.3 is 15.2 Å². The zero-order chi connectivity index (χ0) is 20.1. The van der Waals surface area contributed by atoms with Gasteiger partial charge in [-0.1, -0.05) is 48.5 Å². The molecule has 3 rings (SSSR count). The number of fused-ring (bicyclic) bond motifs is 3. The average Bonchev–Trinajstić information content (AvgIpc) is 3.02. The number of nitrogens with one attached hydrogen (secondary N) is 1. The minimum atomic E-state index is -1.02. The van der Waals surface area contributed by atoms with Crippen LogP contribution in [0.25, 0.3) is 11.1 Å². The third-order valence-corrected chi connectivity index (χ3v) is 5.28. The molecule has 0 fully saturated rings. The quantitative estimate of drug-likeness (QED) is 0.685. The highest BCUT2D eigenvalue weighted by Gasteiger charge is 2.31. The van der Waals surface area contributed by atoms with Crippen molar-refractivity contribution >= 4 is 12.1 Å². The number of nitrogens with zero attached hydrogens (tertiary/aromatic N) is 1. The van der Waals surface area contributed by atoms with Crippen molar-refractivity contribution in [3.05, 3.63) is 59.7 Å². The molecule has 0 aromatic heterocycles. The van der Waals surface area contributed by atoms with Crippen LogP contribution in [-0.4, -0.2) is 55.4 Å². The number of carbonyl (C=O) groups is 2. The maximum Gasteiger partial charge on any atom is 0.410 e. The molecule has 1 atom stereocenters. The summed E-state index contributed by atoms with van der Waals surface area (Å²) in [6.45, 7) is 0.877. The molecule has 0 heterocycles. The van der Waals surface area contributed by atoms with Gasteiger partial charge in [0.1, 0.15) is 12.6 Å². The van der Waals surface area contributed by atoms with Gasteiger partial charge in [-0.2, -0.15) is 0 Å². The van der Waals surface area contributed by atoms with Gasteiger partial charge >= 0.3 is 12.1 Å². The lowest BCUT2D eigenvalue weighted by Crippen LogP contribution is -2.43. The fourth-order valence-corrected chi connectivity index (χ4v) is 3.78. The molecule has 0 aliphatic heterocycles. The molecule has 148 valence electrons. The van der Waals surface area contributed by atoms with Gasteiger partial charge in [-0.05, 0) is 48.7 Å². The molecule has 28 heavy (non-hydrogen) atoms. The van der Waals surface area contributed by atoms with Crippen LogP contribution in [0, 0.1) is 0 Å². The summed E-state index contributed by atoms with van der Waals surface area (Å²) >= 11 is 0. The maximum atomic E-state index is 12.5. The van der Waals surface area contributed by atoms with E-state index < -0.39 is 18.1 Å². The van der Waals surface area contributed by atoms with Crippen LogP contribution in [0.15, 0.2) is 48.5 Å². The number of hydrogen-bond acceptors (Lipinski definition) is 4. The zero-order valence-corrected chi connectivity index (χ0v) is 16.2. The molecule has 1 aliphatic rings. The molecule has 6 heteroatoms. The zero-order valence-electron chi connectivity index (χ0n) is 16.2. The van der Waals surface area contributed by atoms with Crippen LogP contribution < -0.4 is 5.32 Å². The van der Waals surface area contributed by atoms with E-state index in [1.807, 2.05) is 31.3 Å². The van der Waals surface area contributed by atoms with Gasteiger partial charge in [0.15, 0.2) is 0 Å². The summed E-state index contributed by atoms with van der Waals surface area (Å²) in [4.78, 5) is 25.3. The first-order valence-electron chi connectivity index (χ1n) is 9.49. The van der Waals surface area contributed by atoms with Gasteiger partial charge in [0.25, 0.3) is 0 Å². The van der Waals surface area contributed by atoms with E-state index in [1.165, 1.54) is 11.9 Å². The Morgan fingerprint density at radius 1 is 1.11 bits per heavy atom. The second-order valence-electron chi connectivity index (χ2n) is 7.01. The van der Waals surface area contributed by atoms with Gasteiger partial charge in [-0.25, -0.2) is 9.59 Å². The third kappa shape index (κ3) is 4.02. The number of hydrogen-bond donors (Lipinski definition) is 2. The Hall–Kier alpha value is -2.86. The topological polar surface area (TPSA) is 78.9 Å². The summed E-state index contributed by atoms with van der Waals surface area (Å²) in [5.74, 6) is -1.07. The van der Waals surface area contributed by atoms with Crippen molar-refractivity contribution in [2.24, 2.45) is 0 Å². The van der Waals surface area contributed by atoms with E-state index in [2.05, 4.69) is 29.6 Å². The van der Waals surface area contributed by atoms with Crippen molar-refractivity contribution < 1.29 is 19.4 Å². The Morgan fingerprint density at radius 2 is 1.68 bits per heavy atom. The Labute approximate surface area is 165 Å². The molecule has 0 bridgehead atoms. The first-order valence-corrected chi connectivity index (χ1v) is 9.49. The lowest BCUT2D eigenvalue weighted by molar-refractivity contribution is -0.142. The summed E-state index contributed by atoms with van der Waals surface area (Å²) in [5, 5.41) is 12.4. The van der Waals surface area contributed by atoms with E-state index in [-0.39, 0.29) is 12.5 Å². The summed E-state index contributed by atoms with van der Waals surface area (Å²) in [7, 11) is 3.29. The molecule has 6 nitrogen and oxygen atoms in total. The predicted molar refractivity (Wildman–Crippen MR) is 107 cm³/mol. The number of carboxylic acids is 1. The number of aliphatic carboxylic acids is 1. The van der Waals surface area contributed by atoms with E-state index in [4.69, 9.17) is 4.74 Å². The summed E-state index contributed by atoms with van der Waals surface area (Å²) in [6.07, 6.45) is 0.421. The minimum Gasteiger partial charge on any atom is -0.480 e. The van der Waals surface area contributed by atoms with Crippen molar-refractivity contribution in [2.45, 2.75) is 24.8 Å². The lowest BCUT2D eigenvalue weighted by atomic mass is 9.98. The number of carbonyl (C=O) groups excluding carboxylic acids is 1. The highest BCUT2D eigenvalue weighted by molar-refractivity contribution is 5.81. The van der Waals surface area contributed by atoms with Crippen molar-refractivity contribution in [3.63, 3.8) is 0 Å². The monoisotopic (exact) mass is 382 g/mol. The van der Waals surface area contributed by atoms with Crippen LogP contribution in [0.5, 0.6) is 0 Å². The highest BCUT2D eigenvalue weighted by Crippen LogP contribution is 2.44. The molecule has 0 spiro atoms. The molecular weight excluding hydrogens is 356 g/mol. The number of carboxylic acid groups (broad SMARTS) is 1. The van der Waals surface area contributed by atoms with Crippen molar-refractivity contribution in [2.75, 3.05) is 27.2 Å². The second kappa shape index (κ2) is 8.89. The van der Waals surface area contributed by atoms with Gasteiger partial charge in [-0.3, -0.25) is 4.90 Å². The number of likely N-dealkylation sites (N-methyl/N-ethyl adjacent to an activating group) is 1. The molecule has 0 saturated heterocycles. The standard InChI is InChI=1S/C22H26N2O4/c1-23-13-7-12-20(21(25)26)24(2)22(27)28-14-19-17-10-5-3-8-15(17)16-9-4-6-11-18(16)19/h3-6,8-11,19-20,23H,7,12-14H2,1-2H3,(H,25,26)/t20-/m0/s1. The van der Waals surface area contributed by atoms with Crippen LogP contribution in [0.4, 0.5) is 4.79 Å². The summed E-state index contributed by atoms with van der Waals surface area (Å²) < 4.78 is 5.55. The number of amides is 1. The molecular formula is C22H26N2O4. The number of rotatable bonds is 8. The van der Waals surface area contributed by atoms with Gasteiger partial charge in [0, 0.05) is 13.0 Å². The SMILES string of the molecule is CNCCC[C@@H](C(=O)O)N(C)C(=O)OCC1c2ccccc2-c2ccccc21. The van der Waals surface area contributed by atoms with Crippen LogP contribution in [0.3, 0.4) is 0 Å². The molecule has 0 saturated carbocycles. The smallest absolute Gasteiger partial charge is 0.410 e. The van der Waals surface area contributed by atoms with Crippen molar-refractivity contribution in [1.82, 2.24) is 10.2 Å². The van der Waals surface area contributed by atoms with Crippen LogP contribution >= 0.6 is 0 Å². The summed E-state index contributed by atoms with van der Waals surface area (Å²) in [6, 6.07) is 15.3. The molecule has 0 unspecified atom stereocenters. The number of ether oxygens (including phenoxy) is 1. The number of benzene rings is 2. The largest absolute Gasteiger partial charge is 0.480 e. The molecule has 1 amide bonds. The molecule has 2 N–H and O–H groups in total. The lowest BCUT2D eigenvalue weighted by Gasteiger charge is -2.25. The second-order valence-corrected chi connectivity index (χ2v) is 7.01. The van der Waals surface area contributed by atoms with Gasteiger partial charge in [0.05, 0.1) is 0 Å². The van der Waals surface area contributed by atoms with E-state index in [0.717, 1.165) is 22.3 Å². The van der Waals surface area contributed by atoms with Crippen LogP contribution in [0.2, 0.25) is 0 Å². The Bertz CT molecular complexity index is 806. The Morgan fingerprint density at radius 3 is 2.21 bits per heavy atom. The normalized spacial score (nSPS) is 13.5. The highest BCUT2D eigenvalue weighted by atomic mass is 16.6. The minimum absolute atomic E-state index is 0.0441. The molecule has 0 radical (unpaired) electrons. The Kier molecular flexibility index (Phi) is 6.31. The first-order chi connectivity index (χ1) is 13.5. The predicted octanol–water partition coefficient (Wildman–Crippen LogP) is 3.32. The van der Waals surface area contributed by atoms with Crippen LogP contribution in [-0.2, 0) is 9.53 Å². The van der Waals surface area contributed by atoms with Crippen LogP contribution in [0.1, 0.15) is 29.9 Å². The van der Waals surface area contributed by atoms with E-state index in [1.54, 1.807) is 0 Å². The van der Waals surface area contributed by atoms with E-state index in [9.17, 15) is 14.7 Å². The first kappa shape index (κ1) is 19.9. The average molecular weight is 382 g/mol. The van der Waals surface area contributed by atoms with E-state index >= 15 is 0 Å². The molecule has 1 aliphatic carbocycles.